The molecule has 0 saturated carbocycles. The number of carbonyl (C=O) groups is 1. The number of hydrogen-bond donors (Lipinski definition) is 2. The molecule has 0 unspecified atom stereocenters. The van der Waals surface area contributed by atoms with Gasteiger partial charge >= 0.3 is 0 Å². The van der Waals surface area contributed by atoms with Gasteiger partial charge in [-0.2, -0.15) is 0 Å². The molecule has 0 aromatic heterocycles. The maximum atomic E-state index is 12.4. The first-order valence-electron chi connectivity index (χ1n) is 7.37. The zero-order valence-corrected chi connectivity index (χ0v) is 12.4. The number of nitrogens with one attached hydrogen (secondary N) is 2. The zero-order valence-electron chi connectivity index (χ0n) is 12.4. The van der Waals surface area contributed by atoms with Crippen LogP contribution in [-0.2, 0) is 13.1 Å². The van der Waals surface area contributed by atoms with Gasteiger partial charge in [0, 0.05) is 24.3 Å². The summed E-state index contributed by atoms with van der Waals surface area (Å²) in [5.74, 6) is 0.401. The summed E-state index contributed by atoms with van der Waals surface area (Å²) in [6.45, 7) is 6.04. The molecule has 1 aliphatic heterocycles. The van der Waals surface area contributed by atoms with E-state index in [1.807, 2.05) is 36.4 Å². The molecule has 2 N–H and O–H groups in total. The Balaban J connectivity index is 1.78. The lowest BCUT2D eigenvalue weighted by Gasteiger charge is -2.10. The largest absolute Gasteiger partial charge is 0.322 e. The molecule has 1 aliphatic rings. The van der Waals surface area contributed by atoms with E-state index in [9.17, 15) is 4.79 Å². The van der Waals surface area contributed by atoms with Gasteiger partial charge in [0.25, 0.3) is 5.91 Å². The van der Waals surface area contributed by atoms with Crippen LogP contribution in [0.1, 0.15) is 46.8 Å². The molecule has 0 atom stereocenters. The standard InChI is InChI=1S/C18H20N2O/c1-12(2)13-4-3-5-17(9-13)20-18(21)14-6-7-15-10-19-11-16(15)8-14/h3-9,12,19H,10-11H2,1-2H3,(H,20,21). The van der Waals surface area contributed by atoms with Crippen LogP contribution in [0.2, 0.25) is 0 Å². The third-order valence-corrected chi connectivity index (χ3v) is 3.91. The summed E-state index contributed by atoms with van der Waals surface area (Å²) in [6.07, 6.45) is 0. The Labute approximate surface area is 125 Å². The molecule has 21 heavy (non-hydrogen) atoms. The van der Waals surface area contributed by atoms with Crippen molar-refractivity contribution in [2.45, 2.75) is 32.9 Å². The maximum absolute atomic E-state index is 12.4. The molecular weight excluding hydrogens is 260 g/mol. The summed E-state index contributed by atoms with van der Waals surface area (Å²) in [7, 11) is 0. The minimum absolute atomic E-state index is 0.0504. The highest BCUT2D eigenvalue weighted by molar-refractivity contribution is 6.04. The minimum Gasteiger partial charge on any atom is -0.322 e. The molecule has 3 rings (SSSR count). The molecule has 0 saturated heterocycles. The van der Waals surface area contributed by atoms with E-state index in [0.717, 1.165) is 18.8 Å². The molecular formula is C18H20N2O. The highest BCUT2D eigenvalue weighted by Gasteiger charge is 2.13. The number of anilines is 1. The van der Waals surface area contributed by atoms with Gasteiger partial charge in [0.1, 0.15) is 0 Å². The Morgan fingerprint density at radius 2 is 1.90 bits per heavy atom. The lowest BCUT2D eigenvalue weighted by Crippen LogP contribution is -2.12. The molecule has 108 valence electrons. The third-order valence-electron chi connectivity index (χ3n) is 3.91. The quantitative estimate of drug-likeness (QED) is 0.900. The Bertz CT molecular complexity index is 677. The van der Waals surface area contributed by atoms with Gasteiger partial charge in [0.05, 0.1) is 0 Å². The molecule has 1 amide bonds. The van der Waals surface area contributed by atoms with Crippen LogP contribution in [0.4, 0.5) is 5.69 Å². The van der Waals surface area contributed by atoms with E-state index in [2.05, 4.69) is 30.5 Å². The van der Waals surface area contributed by atoms with Crippen LogP contribution in [0.15, 0.2) is 42.5 Å². The maximum Gasteiger partial charge on any atom is 0.255 e. The predicted octanol–water partition coefficient (Wildman–Crippen LogP) is 3.67. The van der Waals surface area contributed by atoms with Crippen molar-refractivity contribution in [2.24, 2.45) is 0 Å². The second kappa shape index (κ2) is 5.70. The Morgan fingerprint density at radius 3 is 2.71 bits per heavy atom. The second-order valence-electron chi connectivity index (χ2n) is 5.82. The first kappa shape index (κ1) is 13.8. The Morgan fingerprint density at radius 1 is 1.10 bits per heavy atom. The van der Waals surface area contributed by atoms with E-state index >= 15 is 0 Å². The monoisotopic (exact) mass is 280 g/mol. The van der Waals surface area contributed by atoms with Crippen LogP contribution in [0.25, 0.3) is 0 Å². The van der Waals surface area contributed by atoms with Gasteiger partial charge in [-0.3, -0.25) is 4.79 Å². The first-order chi connectivity index (χ1) is 10.1. The van der Waals surface area contributed by atoms with Gasteiger partial charge in [-0.05, 0) is 46.9 Å². The summed E-state index contributed by atoms with van der Waals surface area (Å²) in [4.78, 5) is 12.4. The summed E-state index contributed by atoms with van der Waals surface area (Å²) in [5, 5.41) is 6.28. The van der Waals surface area contributed by atoms with Gasteiger partial charge in [0.15, 0.2) is 0 Å². The number of fused-ring (bicyclic) bond motifs is 1. The van der Waals surface area contributed by atoms with E-state index in [0.29, 0.717) is 11.5 Å². The average molecular weight is 280 g/mol. The molecule has 2 aromatic carbocycles. The van der Waals surface area contributed by atoms with Crippen molar-refractivity contribution in [1.29, 1.82) is 0 Å². The summed E-state index contributed by atoms with van der Waals surface area (Å²) in [5.41, 5.74) is 5.30. The van der Waals surface area contributed by atoms with Crippen molar-refractivity contribution in [3.63, 3.8) is 0 Å². The van der Waals surface area contributed by atoms with Crippen molar-refractivity contribution in [2.75, 3.05) is 5.32 Å². The number of benzene rings is 2. The van der Waals surface area contributed by atoms with Crippen LogP contribution in [0.5, 0.6) is 0 Å². The fourth-order valence-electron chi connectivity index (χ4n) is 2.61. The van der Waals surface area contributed by atoms with Gasteiger partial charge in [-0.1, -0.05) is 32.0 Å². The topological polar surface area (TPSA) is 41.1 Å². The normalized spacial score (nSPS) is 13.3. The van der Waals surface area contributed by atoms with E-state index in [-0.39, 0.29) is 5.91 Å². The molecule has 3 nitrogen and oxygen atoms in total. The van der Waals surface area contributed by atoms with Gasteiger partial charge in [0.2, 0.25) is 0 Å². The Kier molecular flexibility index (Phi) is 3.76. The molecule has 0 bridgehead atoms. The number of amides is 1. The third kappa shape index (κ3) is 2.98. The van der Waals surface area contributed by atoms with Crippen LogP contribution >= 0.6 is 0 Å². The van der Waals surface area contributed by atoms with Gasteiger partial charge in [-0.25, -0.2) is 0 Å². The fraction of sp³-hybridized carbons (Fsp3) is 0.278. The molecule has 0 aliphatic carbocycles. The van der Waals surface area contributed by atoms with Crippen molar-refractivity contribution < 1.29 is 4.79 Å². The fourth-order valence-corrected chi connectivity index (χ4v) is 2.61. The SMILES string of the molecule is CC(C)c1cccc(NC(=O)c2ccc3c(c2)CNC3)c1. The van der Waals surface area contributed by atoms with E-state index < -0.39 is 0 Å². The highest BCUT2D eigenvalue weighted by Crippen LogP contribution is 2.20. The van der Waals surface area contributed by atoms with E-state index in [1.54, 1.807) is 0 Å². The lowest BCUT2D eigenvalue weighted by molar-refractivity contribution is 0.102. The average Bonchev–Trinajstić information content (AvgIpc) is 2.94. The van der Waals surface area contributed by atoms with Crippen molar-refractivity contribution >= 4 is 11.6 Å². The number of hydrogen-bond acceptors (Lipinski definition) is 2. The van der Waals surface area contributed by atoms with Crippen molar-refractivity contribution in [3.05, 3.63) is 64.7 Å². The molecule has 3 heteroatoms. The smallest absolute Gasteiger partial charge is 0.255 e. The molecule has 1 heterocycles. The number of carbonyl (C=O) groups excluding carboxylic acids is 1. The van der Waals surface area contributed by atoms with E-state index in [1.165, 1.54) is 16.7 Å². The van der Waals surface area contributed by atoms with Crippen LogP contribution in [0, 0.1) is 0 Å². The molecule has 0 spiro atoms. The molecule has 2 aromatic rings. The predicted molar refractivity (Wildman–Crippen MR) is 85.5 cm³/mol. The van der Waals surface area contributed by atoms with Crippen molar-refractivity contribution in [1.82, 2.24) is 5.32 Å². The minimum atomic E-state index is -0.0504. The van der Waals surface area contributed by atoms with Crippen LogP contribution in [0.3, 0.4) is 0 Å². The zero-order chi connectivity index (χ0) is 14.8. The summed E-state index contributed by atoms with van der Waals surface area (Å²) >= 11 is 0. The van der Waals surface area contributed by atoms with Gasteiger partial charge < -0.3 is 10.6 Å². The second-order valence-corrected chi connectivity index (χ2v) is 5.82. The number of rotatable bonds is 3. The van der Waals surface area contributed by atoms with Crippen molar-refractivity contribution in [3.8, 4) is 0 Å². The molecule has 0 fully saturated rings. The molecule has 0 radical (unpaired) electrons. The van der Waals surface area contributed by atoms with Gasteiger partial charge in [-0.15, -0.1) is 0 Å². The lowest BCUT2D eigenvalue weighted by atomic mass is 10.0. The van der Waals surface area contributed by atoms with E-state index in [4.69, 9.17) is 0 Å². The first-order valence-corrected chi connectivity index (χ1v) is 7.37. The summed E-state index contributed by atoms with van der Waals surface area (Å²) < 4.78 is 0. The Hall–Kier alpha value is -2.13. The summed E-state index contributed by atoms with van der Waals surface area (Å²) in [6, 6.07) is 14.0. The van der Waals surface area contributed by atoms with Crippen LogP contribution in [-0.4, -0.2) is 5.91 Å². The highest BCUT2D eigenvalue weighted by atomic mass is 16.1. The van der Waals surface area contributed by atoms with Crippen LogP contribution < -0.4 is 10.6 Å².